The van der Waals surface area contributed by atoms with E-state index in [0.29, 0.717) is 11.4 Å². The fraction of sp³-hybridized carbons (Fsp3) is 0.102. The van der Waals surface area contributed by atoms with Crippen molar-refractivity contribution in [2.75, 3.05) is 11.5 Å². The van der Waals surface area contributed by atoms with E-state index in [1.54, 1.807) is 12.1 Å². The molecule has 248 valence electrons. The molecule has 0 unspecified atom stereocenters. The molecule has 0 aliphatic heterocycles. The number of aryl methyl sites for hydroxylation is 1. The van der Waals surface area contributed by atoms with Crippen molar-refractivity contribution in [2.24, 2.45) is 0 Å². The fourth-order valence-corrected chi connectivity index (χ4v) is 8.24. The largest absolute Gasteiger partial charge is 0.397 e. The van der Waals surface area contributed by atoms with Crippen molar-refractivity contribution in [2.45, 2.75) is 32.6 Å². The van der Waals surface area contributed by atoms with Gasteiger partial charge in [0.25, 0.3) is 0 Å². The van der Waals surface area contributed by atoms with Gasteiger partial charge in [0.1, 0.15) is 0 Å². The Kier molecular flexibility index (Phi) is 8.16. The van der Waals surface area contributed by atoms with Gasteiger partial charge >= 0.3 is 0 Å². The molecule has 2 heteroatoms. The number of nitrogens with two attached hydrogens (primary N) is 2. The lowest BCUT2D eigenvalue weighted by Gasteiger charge is -2.31. The first-order valence-corrected chi connectivity index (χ1v) is 17.9. The average Bonchev–Trinajstić information content (AvgIpc) is 3.64. The fourth-order valence-electron chi connectivity index (χ4n) is 8.24. The van der Waals surface area contributed by atoms with Crippen molar-refractivity contribution < 1.29 is 0 Å². The summed E-state index contributed by atoms with van der Waals surface area (Å²) in [5.74, 6) is 0. The Hall–Kier alpha value is -6.12. The molecule has 0 saturated carbocycles. The zero-order chi connectivity index (χ0) is 35.1. The number of para-hydroxylation sites is 2. The van der Waals surface area contributed by atoms with Gasteiger partial charge in [-0.3, -0.25) is 0 Å². The van der Waals surface area contributed by atoms with E-state index >= 15 is 0 Å². The van der Waals surface area contributed by atoms with E-state index in [2.05, 4.69) is 160 Å². The van der Waals surface area contributed by atoms with Gasteiger partial charge in [0.05, 0.1) is 16.8 Å². The molecule has 0 aromatic heterocycles. The van der Waals surface area contributed by atoms with E-state index in [0.717, 1.165) is 0 Å². The lowest BCUT2D eigenvalue weighted by molar-refractivity contribution is 0.795. The van der Waals surface area contributed by atoms with Crippen LogP contribution in [-0.2, 0) is 5.41 Å². The van der Waals surface area contributed by atoms with Crippen LogP contribution in [0, 0.1) is 6.92 Å². The molecule has 0 atom stereocenters. The molecule has 2 nitrogen and oxygen atoms in total. The maximum atomic E-state index is 5.39. The number of anilines is 2. The normalized spacial score (nSPS) is 12.6. The number of rotatable bonds is 1. The van der Waals surface area contributed by atoms with Crippen LogP contribution < -0.4 is 11.5 Å². The number of hydrogen-bond donors (Lipinski definition) is 2. The summed E-state index contributed by atoms with van der Waals surface area (Å²) < 4.78 is 0. The molecule has 2 aliphatic carbocycles. The molecule has 51 heavy (non-hydrogen) atoms. The second-order valence-electron chi connectivity index (χ2n) is 13.6. The molecule has 10 rings (SSSR count). The Morgan fingerprint density at radius 1 is 0.431 bits per heavy atom. The van der Waals surface area contributed by atoms with E-state index in [1.807, 2.05) is 12.1 Å². The second-order valence-corrected chi connectivity index (χ2v) is 13.6. The molecular weight excluding hydrogens is 617 g/mol. The topological polar surface area (TPSA) is 52.0 Å². The van der Waals surface area contributed by atoms with Crippen LogP contribution in [0.15, 0.2) is 164 Å². The molecule has 0 saturated heterocycles. The van der Waals surface area contributed by atoms with Gasteiger partial charge in [-0.1, -0.05) is 171 Å². The molecule has 4 N–H and O–H groups in total. The number of hydrogen-bond acceptors (Lipinski definition) is 2. The van der Waals surface area contributed by atoms with E-state index in [-0.39, 0.29) is 5.41 Å². The molecule has 8 aromatic carbocycles. The Labute approximate surface area is 301 Å². The molecular formula is C49H42N2. The predicted octanol–water partition coefficient (Wildman–Crippen LogP) is 12.6. The maximum absolute atomic E-state index is 5.39. The SMILES string of the molecule is CCC.Cc1ccc(-c2cc3c(c4ccccc24)-c2c(ccc4ccccc24)C32c3ccccc3-c3ccccc32)cc1.Nc1ccccc1N. The molecule has 0 fully saturated rings. The van der Waals surface area contributed by atoms with Gasteiger partial charge in [-0.25, -0.2) is 0 Å². The van der Waals surface area contributed by atoms with Crippen molar-refractivity contribution in [3.8, 4) is 33.4 Å². The highest BCUT2D eigenvalue weighted by Crippen LogP contribution is 2.65. The van der Waals surface area contributed by atoms with Crippen LogP contribution in [0.25, 0.3) is 54.9 Å². The highest BCUT2D eigenvalue weighted by molar-refractivity contribution is 6.16. The molecule has 0 radical (unpaired) electrons. The summed E-state index contributed by atoms with van der Waals surface area (Å²) in [6.07, 6.45) is 1.25. The van der Waals surface area contributed by atoms with Gasteiger partial charge in [0, 0.05) is 0 Å². The van der Waals surface area contributed by atoms with Gasteiger partial charge in [-0.05, 0) is 102 Å². The number of nitrogen functional groups attached to an aromatic ring is 2. The van der Waals surface area contributed by atoms with Crippen LogP contribution in [0.4, 0.5) is 11.4 Å². The number of fused-ring (bicyclic) bond motifs is 14. The van der Waals surface area contributed by atoms with Crippen LogP contribution in [0.2, 0.25) is 0 Å². The van der Waals surface area contributed by atoms with Crippen LogP contribution in [-0.4, -0.2) is 0 Å². The zero-order valence-electron chi connectivity index (χ0n) is 29.5. The minimum absolute atomic E-state index is 0.370. The van der Waals surface area contributed by atoms with E-state index in [9.17, 15) is 0 Å². The van der Waals surface area contributed by atoms with Crippen LogP contribution in [0.5, 0.6) is 0 Å². The van der Waals surface area contributed by atoms with Crippen LogP contribution in [0.1, 0.15) is 48.1 Å². The monoisotopic (exact) mass is 658 g/mol. The molecule has 1 spiro atoms. The molecule has 8 aromatic rings. The Morgan fingerprint density at radius 3 is 1.53 bits per heavy atom. The summed E-state index contributed by atoms with van der Waals surface area (Å²) in [6.45, 7) is 6.41. The zero-order valence-corrected chi connectivity index (χ0v) is 29.5. The molecule has 0 heterocycles. The first-order chi connectivity index (χ1) is 25.0. The molecule has 0 bridgehead atoms. The summed E-state index contributed by atoms with van der Waals surface area (Å²) in [4.78, 5) is 0. The Morgan fingerprint density at radius 2 is 0.922 bits per heavy atom. The van der Waals surface area contributed by atoms with Crippen molar-refractivity contribution in [1.82, 2.24) is 0 Å². The third-order valence-corrected chi connectivity index (χ3v) is 10.3. The summed E-state index contributed by atoms with van der Waals surface area (Å²) in [7, 11) is 0. The van der Waals surface area contributed by atoms with Crippen LogP contribution >= 0.6 is 0 Å². The maximum Gasteiger partial charge on any atom is 0.0726 e. The summed E-state index contributed by atoms with van der Waals surface area (Å²) in [5.41, 5.74) is 26.6. The highest BCUT2D eigenvalue weighted by Gasteiger charge is 2.52. The summed E-state index contributed by atoms with van der Waals surface area (Å²) in [5, 5.41) is 5.25. The second kappa shape index (κ2) is 13.0. The quantitative estimate of drug-likeness (QED) is 0.172. The summed E-state index contributed by atoms with van der Waals surface area (Å²) >= 11 is 0. The van der Waals surface area contributed by atoms with Crippen molar-refractivity contribution in [1.29, 1.82) is 0 Å². The van der Waals surface area contributed by atoms with E-state index in [4.69, 9.17) is 11.5 Å². The van der Waals surface area contributed by atoms with E-state index in [1.165, 1.54) is 89.2 Å². The lowest BCUT2D eigenvalue weighted by Crippen LogP contribution is -2.26. The first-order valence-electron chi connectivity index (χ1n) is 17.9. The third-order valence-electron chi connectivity index (χ3n) is 10.3. The number of benzene rings is 8. The first kappa shape index (κ1) is 32.1. The standard InChI is InChI=1S/C40H26.C6H8N2.C3H8/c1-25-18-20-27(21-19-25)33-24-37-39(32-15-5-4-12-29(32)33)38-28-11-3-2-10-26(28)22-23-36(38)40(37)34-16-8-6-13-30(34)31-14-7-9-17-35(31)40;7-5-3-1-2-4-6(5)8;1-3-2/h2-24H,1H3;1-4H,7-8H2;3H2,1-2H3. The van der Waals surface area contributed by atoms with Gasteiger partial charge in [0.2, 0.25) is 0 Å². The smallest absolute Gasteiger partial charge is 0.0726 e. The lowest BCUT2D eigenvalue weighted by atomic mass is 9.70. The Balaban J connectivity index is 0.000000296. The Bertz CT molecular complexity index is 2490. The van der Waals surface area contributed by atoms with Gasteiger partial charge < -0.3 is 11.5 Å². The van der Waals surface area contributed by atoms with Crippen molar-refractivity contribution in [3.05, 3.63) is 192 Å². The molecule has 2 aliphatic rings. The third kappa shape index (κ3) is 5.02. The highest BCUT2D eigenvalue weighted by atomic mass is 14.7. The summed E-state index contributed by atoms with van der Waals surface area (Å²) in [6, 6.07) is 59.6. The average molecular weight is 659 g/mol. The van der Waals surface area contributed by atoms with Crippen LogP contribution in [0.3, 0.4) is 0 Å². The van der Waals surface area contributed by atoms with Crippen molar-refractivity contribution >= 4 is 32.9 Å². The van der Waals surface area contributed by atoms with Gasteiger partial charge in [-0.2, -0.15) is 0 Å². The molecule has 0 amide bonds. The van der Waals surface area contributed by atoms with Crippen molar-refractivity contribution in [3.63, 3.8) is 0 Å². The minimum atomic E-state index is -0.370. The van der Waals surface area contributed by atoms with Gasteiger partial charge in [-0.15, -0.1) is 0 Å². The van der Waals surface area contributed by atoms with Gasteiger partial charge in [0.15, 0.2) is 0 Å². The predicted molar refractivity (Wildman–Crippen MR) is 219 cm³/mol. The van der Waals surface area contributed by atoms with E-state index < -0.39 is 0 Å². The minimum Gasteiger partial charge on any atom is -0.397 e.